The van der Waals surface area contributed by atoms with Gasteiger partial charge in [-0.15, -0.1) is 0 Å². The highest BCUT2D eigenvalue weighted by molar-refractivity contribution is 6.30. The summed E-state index contributed by atoms with van der Waals surface area (Å²) in [4.78, 5) is 16.5. The molecule has 0 spiro atoms. The Labute approximate surface area is 197 Å². The molecule has 0 amide bonds. The molecule has 0 radical (unpaired) electrons. The normalized spacial score (nSPS) is 25.4. The van der Waals surface area contributed by atoms with Crippen molar-refractivity contribution in [2.45, 2.75) is 76.7 Å². The fraction of sp³-hybridized carbons (Fsp3) is 0.667. The number of halogens is 1. The van der Waals surface area contributed by atoms with Gasteiger partial charge in [-0.2, -0.15) is 4.99 Å². The quantitative estimate of drug-likeness (QED) is 0.632. The summed E-state index contributed by atoms with van der Waals surface area (Å²) in [5.74, 6) is 1.18. The van der Waals surface area contributed by atoms with Crippen molar-refractivity contribution < 1.29 is 0 Å². The molecule has 1 saturated heterocycles. The van der Waals surface area contributed by atoms with Crippen molar-refractivity contribution >= 4 is 29.2 Å². The third-order valence-electron chi connectivity index (χ3n) is 7.11. The number of nitrogens with two attached hydrogens (primary N) is 1. The maximum absolute atomic E-state index is 6.59. The summed E-state index contributed by atoms with van der Waals surface area (Å²) in [5.41, 5.74) is 7.58. The van der Waals surface area contributed by atoms with Gasteiger partial charge in [-0.25, -0.2) is 4.99 Å². The Kier molecular flexibility index (Phi) is 7.92. The Morgan fingerprint density at radius 3 is 2.50 bits per heavy atom. The molecule has 3 N–H and O–H groups in total. The standard InChI is InChI=1S/C24H38ClN7/c1-3-31-16-8-11-21(31)17-32-22(26)28-23(30(2)20-14-12-18(25)13-15-20)29-24(32)27-19-9-6-4-5-7-10-19/h12-15,19,21,24,27H,3-11,16-17H2,1-2H3,(H2,26,28,29). The molecule has 1 aromatic rings. The van der Waals surface area contributed by atoms with Crippen molar-refractivity contribution in [2.75, 3.05) is 31.6 Å². The van der Waals surface area contributed by atoms with E-state index in [9.17, 15) is 0 Å². The minimum Gasteiger partial charge on any atom is -0.369 e. The van der Waals surface area contributed by atoms with Crippen LogP contribution in [0.1, 0.15) is 58.3 Å². The fourth-order valence-electron chi connectivity index (χ4n) is 5.16. The summed E-state index contributed by atoms with van der Waals surface area (Å²) in [7, 11) is 1.98. The molecule has 3 aliphatic rings. The lowest BCUT2D eigenvalue weighted by atomic mass is 10.1. The van der Waals surface area contributed by atoms with Gasteiger partial charge in [0.05, 0.1) is 0 Å². The van der Waals surface area contributed by atoms with E-state index in [1.807, 2.05) is 36.2 Å². The van der Waals surface area contributed by atoms with Crippen LogP contribution >= 0.6 is 11.6 Å². The molecule has 2 unspecified atom stereocenters. The van der Waals surface area contributed by atoms with Gasteiger partial charge >= 0.3 is 0 Å². The first-order valence-electron chi connectivity index (χ1n) is 12.2. The smallest absolute Gasteiger partial charge is 0.231 e. The minimum absolute atomic E-state index is 0.195. The largest absolute Gasteiger partial charge is 0.369 e. The predicted octanol–water partition coefficient (Wildman–Crippen LogP) is 3.84. The van der Waals surface area contributed by atoms with Crippen molar-refractivity contribution in [1.82, 2.24) is 15.1 Å². The molecule has 2 fully saturated rings. The number of guanidine groups is 2. The third-order valence-corrected chi connectivity index (χ3v) is 7.36. The first kappa shape index (κ1) is 23.3. The first-order valence-corrected chi connectivity index (χ1v) is 12.6. The number of benzene rings is 1. The van der Waals surface area contributed by atoms with Crippen LogP contribution in [-0.2, 0) is 0 Å². The molecule has 4 rings (SSSR count). The van der Waals surface area contributed by atoms with Crippen LogP contribution in [0.15, 0.2) is 34.3 Å². The van der Waals surface area contributed by atoms with Gasteiger partial charge in [-0.05, 0) is 63.0 Å². The lowest BCUT2D eigenvalue weighted by Crippen LogP contribution is -2.59. The maximum atomic E-state index is 6.59. The second-order valence-corrected chi connectivity index (χ2v) is 9.68. The van der Waals surface area contributed by atoms with E-state index in [2.05, 4.69) is 22.0 Å². The Hall–Kier alpha value is -1.83. The predicted molar refractivity (Wildman–Crippen MR) is 134 cm³/mol. The van der Waals surface area contributed by atoms with Crippen molar-refractivity contribution in [3.63, 3.8) is 0 Å². The highest BCUT2D eigenvalue weighted by Gasteiger charge is 2.33. The number of hydrogen-bond donors (Lipinski definition) is 2. The molecule has 32 heavy (non-hydrogen) atoms. The summed E-state index contributed by atoms with van der Waals surface area (Å²) >= 11 is 6.08. The van der Waals surface area contributed by atoms with Gasteiger partial charge in [0, 0.05) is 36.4 Å². The molecular weight excluding hydrogens is 422 g/mol. The monoisotopic (exact) mass is 459 g/mol. The Morgan fingerprint density at radius 1 is 1.09 bits per heavy atom. The van der Waals surface area contributed by atoms with Gasteiger partial charge in [0.25, 0.3) is 0 Å². The summed E-state index contributed by atoms with van der Waals surface area (Å²) in [6, 6.07) is 8.70. The minimum atomic E-state index is -0.195. The lowest BCUT2D eigenvalue weighted by molar-refractivity contribution is 0.170. The van der Waals surface area contributed by atoms with Gasteiger partial charge in [0.1, 0.15) is 0 Å². The summed E-state index contributed by atoms with van der Waals surface area (Å²) in [5, 5.41) is 4.56. The summed E-state index contributed by atoms with van der Waals surface area (Å²) in [6.45, 7) is 5.34. The zero-order chi connectivity index (χ0) is 22.5. The van der Waals surface area contributed by atoms with Gasteiger partial charge in [0.15, 0.2) is 6.29 Å². The van der Waals surface area contributed by atoms with Crippen LogP contribution in [0.25, 0.3) is 0 Å². The number of aliphatic imine (C=N–C) groups is 2. The van der Waals surface area contributed by atoms with Gasteiger partial charge < -0.3 is 15.5 Å². The summed E-state index contributed by atoms with van der Waals surface area (Å²) in [6.07, 6.45) is 9.87. The first-order chi connectivity index (χ1) is 15.5. The van der Waals surface area contributed by atoms with Gasteiger partial charge in [0.2, 0.25) is 11.9 Å². The van der Waals surface area contributed by atoms with Crippen molar-refractivity contribution in [2.24, 2.45) is 15.7 Å². The molecule has 0 aromatic heterocycles. The Balaban J connectivity index is 1.56. The number of likely N-dealkylation sites (tertiary alicyclic amines) is 1. The average Bonchev–Trinajstić information content (AvgIpc) is 3.09. The number of likely N-dealkylation sites (N-methyl/N-ethyl adjacent to an activating group) is 1. The number of rotatable bonds is 6. The highest BCUT2D eigenvalue weighted by atomic mass is 35.5. The van der Waals surface area contributed by atoms with Crippen molar-refractivity contribution in [3.05, 3.63) is 29.3 Å². The molecule has 1 saturated carbocycles. The molecule has 0 bridgehead atoms. The average molecular weight is 460 g/mol. The van der Waals surface area contributed by atoms with E-state index in [0.29, 0.717) is 29.0 Å². The van der Waals surface area contributed by atoms with E-state index in [-0.39, 0.29) is 6.29 Å². The molecule has 1 aromatic carbocycles. The Bertz CT molecular complexity index is 801. The highest BCUT2D eigenvalue weighted by Crippen LogP contribution is 2.24. The van der Waals surface area contributed by atoms with Gasteiger partial charge in [-0.1, -0.05) is 44.2 Å². The number of nitrogens with zero attached hydrogens (tertiary/aromatic N) is 5. The second-order valence-electron chi connectivity index (χ2n) is 9.24. The number of hydrogen-bond acceptors (Lipinski definition) is 7. The molecule has 2 heterocycles. The van der Waals surface area contributed by atoms with Crippen LogP contribution in [0.4, 0.5) is 5.69 Å². The lowest BCUT2D eigenvalue weighted by Gasteiger charge is -2.39. The SMILES string of the molecule is CCN1CCCC1CN1C(N)=NC(N(C)c2ccc(Cl)cc2)=NC1NC1CCCCCC1. The van der Waals surface area contributed by atoms with Crippen LogP contribution in [0, 0.1) is 0 Å². The topological polar surface area (TPSA) is 72.5 Å². The van der Waals surface area contributed by atoms with E-state index in [4.69, 9.17) is 27.3 Å². The fourth-order valence-corrected chi connectivity index (χ4v) is 5.29. The third kappa shape index (κ3) is 5.56. The zero-order valence-corrected chi connectivity index (χ0v) is 20.3. The molecule has 176 valence electrons. The van der Waals surface area contributed by atoms with Crippen LogP contribution in [0.3, 0.4) is 0 Å². The molecule has 7 nitrogen and oxygen atoms in total. The van der Waals surface area contributed by atoms with Crippen LogP contribution in [-0.4, -0.2) is 66.8 Å². The van der Waals surface area contributed by atoms with Gasteiger partial charge in [-0.3, -0.25) is 10.2 Å². The van der Waals surface area contributed by atoms with E-state index in [0.717, 1.165) is 18.8 Å². The van der Waals surface area contributed by atoms with E-state index in [1.54, 1.807) is 0 Å². The second kappa shape index (κ2) is 10.9. The molecule has 2 atom stereocenters. The van der Waals surface area contributed by atoms with E-state index < -0.39 is 0 Å². The van der Waals surface area contributed by atoms with Crippen LogP contribution < -0.4 is 16.0 Å². The van der Waals surface area contributed by atoms with Crippen molar-refractivity contribution in [1.29, 1.82) is 0 Å². The number of anilines is 1. The maximum Gasteiger partial charge on any atom is 0.231 e. The van der Waals surface area contributed by atoms with Crippen LogP contribution in [0.2, 0.25) is 5.02 Å². The number of nitrogens with one attached hydrogen (secondary N) is 1. The molecule has 1 aliphatic carbocycles. The molecular formula is C24H38ClN7. The Morgan fingerprint density at radius 2 is 1.81 bits per heavy atom. The van der Waals surface area contributed by atoms with Crippen LogP contribution in [0.5, 0.6) is 0 Å². The van der Waals surface area contributed by atoms with Crippen molar-refractivity contribution in [3.8, 4) is 0 Å². The zero-order valence-electron chi connectivity index (χ0n) is 19.5. The van der Waals surface area contributed by atoms with E-state index >= 15 is 0 Å². The summed E-state index contributed by atoms with van der Waals surface area (Å²) < 4.78 is 0. The molecule has 2 aliphatic heterocycles. The molecule has 8 heteroatoms. The van der Waals surface area contributed by atoms with E-state index in [1.165, 1.54) is 57.9 Å².